The third kappa shape index (κ3) is 4.52. The van der Waals surface area contributed by atoms with Crippen LogP contribution in [0.3, 0.4) is 0 Å². The number of benzene rings is 4. The Morgan fingerprint density at radius 3 is 2.36 bits per heavy atom. The summed E-state index contributed by atoms with van der Waals surface area (Å²) in [6, 6.07) is 23.1. The summed E-state index contributed by atoms with van der Waals surface area (Å²) in [6.45, 7) is 0.240. The second kappa shape index (κ2) is 9.56. The van der Waals surface area contributed by atoms with Crippen molar-refractivity contribution in [3.63, 3.8) is 0 Å². The first-order chi connectivity index (χ1) is 17.4. The second-order valence-corrected chi connectivity index (χ2v) is 8.52. The van der Waals surface area contributed by atoms with Crippen molar-refractivity contribution in [2.75, 3.05) is 4.90 Å². The normalized spacial score (nSPS) is 14.9. The van der Waals surface area contributed by atoms with Crippen LogP contribution in [-0.4, -0.2) is 23.0 Å². The Hall–Kier alpha value is -4.62. The average molecular weight is 499 g/mol. The highest BCUT2D eigenvalue weighted by molar-refractivity contribution is 6.39. The van der Waals surface area contributed by atoms with Crippen LogP contribution in [0.15, 0.2) is 90.5 Å². The molecule has 36 heavy (non-hydrogen) atoms. The summed E-state index contributed by atoms with van der Waals surface area (Å²) in [5, 5.41) is 14.1. The van der Waals surface area contributed by atoms with Crippen molar-refractivity contribution in [1.29, 1.82) is 0 Å². The molecule has 4 aromatic rings. The molecule has 4 aromatic carbocycles. The first kappa shape index (κ1) is 23.1. The van der Waals surface area contributed by atoms with Crippen molar-refractivity contribution >= 4 is 52.0 Å². The molecular weight excluding hydrogens is 480 g/mol. The van der Waals surface area contributed by atoms with Crippen LogP contribution in [0.1, 0.15) is 11.1 Å². The molecule has 0 radical (unpaired) electrons. The fraction of sp³-hybridized carbons (Fsp3) is 0.0357. The highest BCUT2D eigenvalue weighted by Gasteiger charge is 2.37. The van der Waals surface area contributed by atoms with E-state index in [1.807, 2.05) is 42.5 Å². The summed E-state index contributed by atoms with van der Waals surface area (Å²) in [6.07, 6.45) is 1.44. The van der Waals surface area contributed by atoms with E-state index in [-0.39, 0.29) is 23.6 Å². The Morgan fingerprint density at radius 1 is 0.889 bits per heavy atom. The maximum absolute atomic E-state index is 13.4. The van der Waals surface area contributed by atoms with Crippen LogP contribution < -0.4 is 15.0 Å². The predicted octanol–water partition coefficient (Wildman–Crippen LogP) is 5.44. The van der Waals surface area contributed by atoms with Gasteiger partial charge in [-0.05, 0) is 64.9 Å². The van der Waals surface area contributed by atoms with Crippen LogP contribution in [0.2, 0.25) is 5.02 Å². The van der Waals surface area contributed by atoms with Crippen LogP contribution in [0.5, 0.6) is 11.5 Å². The van der Waals surface area contributed by atoms with Gasteiger partial charge in [-0.1, -0.05) is 54.1 Å². The number of imide groups is 2. The maximum Gasteiger partial charge on any atom is 0.335 e. The van der Waals surface area contributed by atoms with E-state index in [0.717, 1.165) is 21.2 Å². The van der Waals surface area contributed by atoms with E-state index < -0.39 is 17.8 Å². The molecule has 1 aliphatic rings. The molecule has 1 saturated heterocycles. The van der Waals surface area contributed by atoms with Crippen molar-refractivity contribution in [3.8, 4) is 11.5 Å². The zero-order chi connectivity index (χ0) is 25.2. The van der Waals surface area contributed by atoms with Gasteiger partial charge in [0.15, 0.2) is 0 Å². The first-order valence-corrected chi connectivity index (χ1v) is 11.4. The fourth-order valence-electron chi connectivity index (χ4n) is 3.93. The zero-order valence-corrected chi connectivity index (χ0v) is 19.5. The molecule has 0 aromatic heterocycles. The molecule has 0 unspecified atom stereocenters. The lowest BCUT2D eigenvalue weighted by Crippen LogP contribution is -2.54. The van der Waals surface area contributed by atoms with Crippen molar-refractivity contribution in [2.45, 2.75) is 6.61 Å². The summed E-state index contributed by atoms with van der Waals surface area (Å²) in [5.74, 6) is -1.15. The van der Waals surface area contributed by atoms with Gasteiger partial charge in [0.2, 0.25) is 0 Å². The number of ether oxygens (including phenoxy) is 1. The zero-order valence-electron chi connectivity index (χ0n) is 18.8. The molecule has 0 bridgehead atoms. The number of phenols is 1. The molecule has 0 saturated carbocycles. The number of fused-ring (bicyclic) bond motifs is 1. The minimum atomic E-state index is -0.870. The Kier molecular flexibility index (Phi) is 6.14. The molecule has 4 amide bonds. The van der Waals surface area contributed by atoms with E-state index in [9.17, 15) is 19.5 Å². The van der Waals surface area contributed by atoms with Crippen LogP contribution in [0.25, 0.3) is 16.8 Å². The molecule has 0 atom stereocenters. The smallest absolute Gasteiger partial charge is 0.335 e. The van der Waals surface area contributed by atoms with E-state index in [1.54, 1.807) is 18.2 Å². The average Bonchev–Trinajstić information content (AvgIpc) is 2.87. The minimum absolute atomic E-state index is 0.0197. The summed E-state index contributed by atoms with van der Waals surface area (Å²) >= 11 is 5.97. The van der Waals surface area contributed by atoms with Gasteiger partial charge in [0.1, 0.15) is 23.7 Å². The summed E-state index contributed by atoms with van der Waals surface area (Å²) < 4.78 is 6.09. The molecule has 8 heteroatoms. The summed E-state index contributed by atoms with van der Waals surface area (Å²) in [4.78, 5) is 39.5. The van der Waals surface area contributed by atoms with E-state index in [1.165, 1.54) is 30.3 Å². The van der Waals surface area contributed by atoms with Gasteiger partial charge in [0.25, 0.3) is 11.8 Å². The Bertz CT molecular complexity index is 1530. The number of phenolic OH excluding ortho intramolecular Hbond substituents is 1. The van der Waals surface area contributed by atoms with Gasteiger partial charge in [-0.25, -0.2) is 9.69 Å². The van der Waals surface area contributed by atoms with Gasteiger partial charge in [-0.15, -0.1) is 0 Å². The number of rotatable bonds is 5. The number of nitrogens with zero attached hydrogens (tertiary/aromatic N) is 1. The van der Waals surface area contributed by atoms with Crippen molar-refractivity contribution < 1.29 is 24.2 Å². The molecular formula is C28H19ClN2O5. The number of urea groups is 1. The summed E-state index contributed by atoms with van der Waals surface area (Å²) in [7, 11) is 0. The largest absolute Gasteiger partial charge is 0.508 e. The molecule has 7 nitrogen and oxygen atoms in total. The second-order valence-electron chi connectivity index (χ2n) is 8.09. The molecule has 0 spiro atoms. The van der Waals surface area contributed by atoms with Crippen molar-refractivity contribution in [2.24, 2.45) is 0 Å². The highest BCUT2D eigenvalue weighted by atomic mass is 35.5. The lowest BCUT2D eigenvalue weighted by Gasteiger charge is -2.26. The van der Waals surface area contributed by atoms with E-state index in [0.29, 0.717) is 16.3 Å². The number of carbonyl (C=O) groups is 3. The van der Waals surface area contributed by atoms with Crippen LogP contribution >= 0.6 is 11.6 Å². The molecule has 1 aliphatic heterocycles. The molecule has 2 N–H and O–H groups in total. The van der Waals surface area contributed by atoms with Crippen molar-refractivity contribution in [1.82, 2.24) is 5.32 Å². The third-order valence-corrected chi connectivity index (χ3v) is 5.99. The lowest BCUT2D eigenvalue weighted by atomic mass is 9.99. The number of barbiturate groups is 1. The molecule has 1 fully saturated rings. The fourth-order valence-corrected chi connectivity index (χ4v) is 4.06. The minimum Gasteiger partial charge on any atom is -0.508 e. The van der Waals surface area contributed by atoms with Crippen molar-refractivity contribution in [3.05, 3.63) is 107 Å². The number of hydrogen-bond donors (Lipinski definition) is 2. The number of hydrogen-bond acceptors (Lipinski definition) is 5. The van der Waals surface area contributed by atoms with Gasteiger partial charge >= 0.3 is 6.03 Å². The van der Waals surface area contributed by atoms with Gasteiger partial charge < -0.3 is 9.84 Å². The monoisotopic (exact) mass is 498 g/mol. The number of halogens is 1. The quantitative estimate of drug-likeness (QED) is 0.282. The molecule has 0 aliphatic carbocycles. The number of carbonyl (C=O) groups excluding carboxylic acids is 3. The Balaban J connectivity index is 1.57. The molecule has 5 rings (SSSR count). The van der Waals surface area contributed by atoms with Crippen LogP contribution in [0, 0.1) is 0 Å². The maximum atomic E-state index is 13.4. The van der Waals surface area contributed by atoms with E-state index in [4.69, 9.17) is 16.3 Å². The Morgan fingerprint density at radius 2 is 1.61 bits per heavy atom. The number of aromatic hydroxyl groups is 1. The highest BCUT2D eigenvalue weighted by Crippen LogP contribution is 2.32. The first-order valence-electron chi connectivity index (χ1n) is 11.0. The van der Waals surface area contributed by atoms with E-state index in [2.05, 4.69) is 5.32 Å². The topological polar surface area (TPSA) is 95.9 Å². The third-order valence-electron chi connectivity index (χ3n) is 5.74. The van der Waals surface area contributed by atoms with Gasteiger partial charge in [0.05, 0.1) is 5.69 Å². The van der Waals surface area contributed by atoms with Crippen LogP contribution in [-0.2, 0) is 16.2 Å². The standard InChI is InChI=1S/C28H19ClN2O5/c29-19-8-5-17(6-9-19)16-36-25-14-7-18-3-1-2-4-22(18)23(25)15-24-26(33)30-28(35)31(27(24)34)20-10-12-21(32)13-11-20/h1-15,32H,16H2,(H,30,33,35)/b24-15+. The Labute approximate surface area is 211 Å². The van der Waals surface area contributed by atoms with Crippen LogP contribution in [0.4, 0.5) is 10.5 Å². The number of amides is 4. The van der Waals surface area contributed by atoms with Gasteiger partial charge in [-0.2, -0.15) is 0 Å². The SMILES string of the molecule is O=C1NC(=O)N(c2ccc(O)cc2)C(=O)/C1=C/c1c(OCc2ccc(Cl)cc2)ccc2ccccc12. The molecule has 1 heterocycles. The van der Waals surface area contributed by atoms with Gasteiger partial charge in [-0.3, -0.25) is 14.9 Å². The number of nitrogens with one attached hydrogen (secondary N) is 1. The van der Waals surface area contributed by atoms with Gasteiger partial charge in [0, 0.05) is 10.6 Å². The summed E-state index contributed by atoms with van der Waals surface area (Å²) in [5.41, 5.74) is 1.41. The molecule has 178 valence electrons. The predicted molar refractivity (Wildman–Crippen MR) is 137 cm³/mol. The lowest BCUT2D eigenvalue weighted by molar-refractivity contribution is -0.122. The number of anilines is 1. The van der Waals surface area contributed by atoms with E-state index >= 15 is 0 Å².